The van der Waals surface area contributed by atoms with Gasteiger partial charge in [-0.15, -0.1) is 0 Å². The summed E-state index contributed by atoms with van der Waals surface area (Å²) < 4.78 is 0. The van der Waals surface area contributed by atoms with Crippen molar-refractivity contribution in [1.82, 2.24) is 5.32 Å². The fourth-order valence-corrected chi connectivity index (χ4v) is 2.49. The Balaban J connectivity index is 2.40. The molecule has 4 heteroatoms. The third-order valence-corrected chi connectivity index (χ3v) is 3.45. The standard InChI is InChI=1S/C13H23N3O/c1-3-4-9(2)7-11(15)13(17)12-6-5-10(8-14)16-12/h9-12,16H,3-7,15H2,1-2H3/t9?,10-,11-,12-/m0/s1. The molecule has 3 N–H and O–H groups in total. The molecule has 0 radical (unpaired) electrons. The van der Waals surface area contributed by atoms with E-state index in [0.29, 0.717) is 5.92 Å². The van der Waals surface area contributed by atoms with Crippen molar-refractivity contribution in [3.05, 3.63) is 0 Å². The molecule has 4 atom stereocenters. The van der Waals surface area contributed by atoms with E-state index < -0.39 is 0 Å². The summed E-state index contributed by atoms with van der Waals surface area (Å²) in [4.78, 5) is 12.0. The van der Waals surface area contributed by atoms with Gasteiger partial charge in [0.05, 0.1) is 24.2 Å². The van der Waals surface area contributed by atoms with Gasteiger partial charge in [-0.1, -0.05) is 26.7 Å². The second-order valence-electron chi connectivity index (χ2n) is 5.12. The SMILES string of the molecule is CCCC(C)C[C@H](N)C(=O)[C@@H]1CC[C@@H](C#N)N1. The van der Waals surface area contributed by atoms with E-state index in [4.69, 9.17) is 11.0 Å². The summed E-state index contributed by atoms with van der Waals surface area (Å²) in [5, 5.41) is 11.8. The molecule has 1 unspecified atom stereocenters. The largest absolute Gasteiger partial charge is 0.321 e. The lowest BCUT2D eigenvalue weighted by Crippen LogP contribution is -2.45. The number of nitrogens with one attached hydrogen (secondary N) is 1. The first kappa shape index (κ1) is 14.1. The molecule has 4 nitrogen and oxygen atoms in total. The van der Waals surface area contributed by atoms with E-state index in [1.807, 2.05) is 0 Å². The fourth-order valence-electron chi connectivity index (χ4n) is 2.49. The number of carbonyl (C=O) groups excluding carboxylic acids is 1. The Morgan fingerprint density at radius 2 is 2.29 bits per heavy atom. The zero-order chi connectivity index (χ0) is 12.8. The molecule has 1 saturated heterocycles. The summed E-state index contributed by atoms with van der Waals surface area (Å²) >= 11 is 0. The van der Waals surface area contributed by atoms with Gasteiger partial charge >= 0.3 is 0 Å². The molecule has 1 fully saturated rings. The molecule has 1 aliphatic rings. The van der Waals surface area contributed by atoms with Crippen molar-refractivity contribution >= 4 is 5.78 Å². The van der Waals surface area contributed by atoms with E-state index in [-0.39, 0.29) is 23.9 Å². The van der Waals surface area contributed by atoms with Gasteiger partial charge in [-0.25, -0.2) is 0 Å². The number of nitrogens with two attached hydrogens (primary N) is 1. The van der Waals surface area contributed by atoms with Crippen LogP contribution in [0.15, 0.2) is 0 Å². The maximum absolute atomic E-state index is 12.0. The molecule has 0 bridgehead atoms. The molecule has 0 aromatic rings. The van der Waals surface area contributed by atoms with E-state index in [2.05, 4.69) is 25.2 Å². The topological polar surface area (TPSA) is 78.9 Å². The highest BCUT2D eigenvalue weighted by Gasteiger charge is 2.32. The minimum atomic E-state index is -0.383. The molecule has 0 saturated carbocycles. The summed E-state index contributed by atoms with van der Waals surface area (Å²) in [6.45, 7) is 4.27. The van der Waals surface area contributed by atoms with Crippen molar-refractivity contribution in [2.75, 3.05) is 0 Å². The van der Waals surface area contributed by atoms with Gasteiger partial charge in [0, 0.05) is 0 Å². The molecule has 1 aliphatic heterocycles. The number of nitrogens with zero attached hydrogens (tertiary/aromatic N) is 1. The summed E-state index contributed by atoms with van der Waals surface area (Å²) in [5.41, 5.74) is 5.94. The Bertz CT molecular complexity index is 298. The van der Waals surface area contributed by atoms with Crippen molar-refractivity contribution < 1.29 is 4.79 Å². The Kier molecular flexibility index (Phi) is 5.60. The quantitative estimate of drug-likeness (QED) is 0.731. The number of ketones is 1. The lowest BCUT2D eigenvalue weighted by atomic mass is 9.93. The monoisotopic (exact) mass is 237 g/mol. The normalized spacial score (nSPS) is 27.4. The van der Waals surface area contributed by atoms with Gasteiger partial charge in [0.15, 0.2) is 5.78 Å². The summed E-state index contributed by atoms with van der Waals surface area (Å²) in [6.07, 6.45) is 4.49. The van der Waals surface area contributed by atoms with E-state index in [0.717, 1.165) is 32.1 Å². The number of hydrogen-bond donors (Lipinski definition) is 2. The van der Waals surface area contributed by atoms with Gasteiger partial charge < -0.3 is 5.73 Å². The van der Waals surface area contributed by atoms with Crippen molar-refractivity contribution in [1.29, 1.82) is 5.26 Å². The van der Waals surface area contributed by atoms with Gasteiger partial charge in [-0.05, 0) is 25.2 Å². The van der Waals surface area contributed by atoms with Crippen LogP contribution in [0.4, 0.5) is 0 Å². The molecule has 17 heavy (non-hydrogen) atoms. The van der Waals surface area contributed by atoms with Gasteiger partial charge in [0.2, 0.25) is 0 Å². The highest BCUT2D eigenvalue weighted by Crippen LogP contribution is 2.17. The number of Topliss-reactive ketones (excluding diaryl/α,β-unsaturated/α-hetero) is 1. The van der Waals surface area contributed by atoms with Crippen LogP contribution in [0, 0.1) is 17.2 Å². The maximum atomic E-state index is 12.0. The molecule has 96 valence electrons. The Morgan fingerprint density at radius 1 is 1.59 bits per heavy atom. The Morgan fingerprint density at radius 3 is 2.82 bits per heavy atom. The smallest absolute Gasteiger partial charge is 0.166 e. The third kappa shape index (κ3) is 4.10. The zero-order valence-electron chi connectivity index (χ0n) is 10.8. The summed E-state index contributed by atoms with van der Waals surface area (Å²) in [7, 11) is 0. The second-order valence-corrected chi connectivity index (χ2v) is 5.12. The fraction of sp³-hybridized carbons (Fsp3) is 0.846. The van der Waals surface area contributed by atoms with Crippen molar-refractivity contribution in [3.63, 3.8) is 0 Å². The van der Waals surface area contributed by atoms with Gasteiger partial charge in [-0.2, -0.15) is 5.26 Å². The Labute approximate surface area is 104 Å². The third-order valence-electron chi connectivity index (χ3n) is 3.45. The van der Waals surface area contributed by atoms with Gasteiger partial charge in [-0.3, -0.25) is 10.1 Å². The van der Waals surface area contributed by atoms with Gasteiger partial charge in [0.1, 0.15) is 0 Å². The average molecular weight is 237 g/mol. The first-order valence-corrected chi connectivity index (χ1v) is 6.53. The molecule has 0 aromatic heterocycles. The summed E-state index contributed by atoms with van der Waals surface area (Å²) in [5.74, 6) is 0.567. The molecule has 0 aliphatic carbocycles. The van der Waals surface area contributed by atoms with Crippen LogP contribution in [0.2, 0.25) is 0 Å². The van der Waals surface area contributed by atoms with Crippen LogP contribution in [-0.4, -0.2) is 23.9 Å². The zero-order valence-corrected chi connectivity index (χ0v) is 10.8. The van der Waals surface area contributed by atoms with Crippen LogP contribution < -0.4 is 11.1 Å². The van der Waals surface area contributed by atoms with Crippen molar-refractivity contribution in [3.8, 4) is 6.07 Å². The number of rotatable bonds is 6. The lowest BCUT2D eigenvalue weighted by Gasteiger charge is -2.19. The minimum absolute atomic E-state index is 0.0747. The first-order chi connectivity index (χ1) is 8.08. The predicted molar refractivity (Wildman–Crippen MR) is 67.2 cm³/mol. The Hall–Kier alpha value is -0.920. The van der Waals surface area contributed by atoms with Crippen LogP contribution in [0.1, 0.15) is 46.0 Å². The van der Waals surface area contributed by atoms with E-state index in [9.17, 15) is 4.79 Å². The average Bonchev–Trinajstić information content (AvgIpc) is 2.76. The van der Waals surface area contributed by atoms with E-state index >= 15 is 0 Å². The van der Waals surface area contributed by atoms with Crippen molar-refractivity contribution in [2.45, 2.75) is 64.1 Å². The van der Waals surface area contributed by atoms with Gasteiger partial charge in [0.25, 0.3) is 0 Å². The lowest BCUT2D eigenvalue weighted by molar-refractivity contribution is -0.122. The number of carbonyl (C=O) groups is 1. The maximum Gasteiger partial charge on any atom is 0.166 e. The second kappa shape index (κ2) is 6.73. The number of nitriles is 1. The van der Waals surface area contributed by atoms with Crippen molar-refractivity contribution in [2.24, 2.45) is 11.7 Å². The molecule has 0 aromatic carbocycles. The first-order valence-electron chi connectivity index (χ1n) is 6.53. The molecule has 1 rings (SSSR count). The molecule has 0 spiro atoms. The van der Waals surface area contributed by atoms with Crippen LogP contribution in [-0.2, 0) is 4.79 Å². The highest BCUT2D eigenvalue weighted by molar-refractivity contribution is 5.89. The van der Waals surface area contributed by atoms with Crippen LogP contribution in [0.3, 0.4) is 0 Å². The van der Waals surface area contributed by atoms with E-state index in [1.54, 1.807) is 0 Å². The minimum Gasteiger partial charge on any atom is -0.321 e. The molecular weight excluding hydrogens is 214 g/mol. The molecule has 1 heterocycles. The predicted octanol–water partition coefficient (Wildman–Crippen LogP) is 1.35. The summed E-state index contributed by atoms with van der Waals surface area (Å²) in [6, 6.07) is 1.38. The molecular formula is C13H23N3O. The van der Waals surface area contributed by atoms with Crippen LogP contribution >= 0.6 is 0 Å². The number of hydrogen-bond acceptors (Lipinski definition) is 4. The van der Waals surface area contributed by atoms with Crippen LogP contribution in [0.5, 0.6) is 0 Å². The van der Waals surface area contributed by atoms with E-state index in [1.165, 1.54) is 0 Å². The molecule has 0 amide bonds. The van der Waals surface area contributed by atoms with Crippen LogP contribution in [0.25, 0.3) is 0 Å². The highest BCUT2D eigenvalue weighted by atomic mass is 16.1.